The summed E-state index contributed by atoms with van der Waals surface area (Å²) in [7, 11) is 1.54. The third kappa shape index (κ3) is 4.27. The summed E-state index contributed by atoms with van der Waals surface area (Å²) in [6.07, 6.45) is 4.35. The number of nitro benzene ring substituents is 1. The highest BCUT2D eigenvalue weighted by atomic mass is 16.6. The van der Waals surface area contributed by atoms with E-state index in [1.165, 1.54) is 42.6 Å². The first-order valence-electron chi connectivity index (χ1n) is 8.22. The minimum Gasteiger partial charge on any atom is -0.383 e. The Labute approximate surface area is 159 Å². The summed E-state index contributed by atoms with van der Waals surface area (Å²) in [4.78, 5) is 31.5. The number of aromatic nitrogens is 4. The fraction of sp³-hybridized carbons (Fsp3) is 0.176. The first-order valence-corrected chi connectivity index (χ1v) is 8.22. The molecule has 0 bridgehead atoms. The molecule has 144 valence electrons. The van der Waals surface area contributed by atoms with Crippen LogP contribution in [-0.4, -0.2) is 50.8 Å². The van der Waals surface area contributed by atoms with Crippen LogP contribution in [0.15, 0.2) is 49.2 Å². The summed E-state index contributed by atoms with van der Waals surface area (Å²) in [5, 5.41) is 21.0. The van der Waals surface area contributed by atoms with Gasteiger partial charge < -0.3 is 15.4 Å². The standard InChI is InChI=1S/C17H17N7O4/c1-28-8-7-19-13-5-4-12(9-15(13)24(26)27)17(25)22-14-3-2-6-20-16(14)23-11-18-10-21-23/h2-6,9-11,19H,7-8H2,1H3,(H,22,25). The van der Waals surface area contributed by atoms with Gasteiger partial charge in [-0.2, -0.15) is 5.10 Å². The van der Waals surface area contributed by atoms with Crippen molar-refractivity contribution in [2.75, 3.05) is 30.9 Å². The smallest absolute Gasteiger partial charge is 0.293 e. The lowest BCUT2D eigenvalue weighted by Crippen LogP contribution is -2.15. The van der Waals surface area contributed by atoms with Crippen molar-refractivity contribution in [3.05, 3.63) is 64.9 Å². The number of pyridine rings is 1. The van der Waals surface area contributed by atoms with Gasteiger partial charge in [0.25, 0.3) is 11.6 Å². The van der Waals surface area contributed by atoms with Gasteiger partial charge in [-0.15, -0.1) is 0 Å². The van der Waals surface area contributed by atoms with Gasteiger partial charge in [-0.1, -0.05) is 0 Å². The summed E-state index contributed by atoms with van der Waals surface area (Å²) in [6.45, 7) is 0.797. The third-order valence-electron chi connectivity index (χ3n) is 3.75. The zero-order chi connectivity index (χ0) is 19.9. The number of ether oxygens (including phenoxy) is 1. The minimum absolute atomic E-state index is 0.136. The van der Waals surface area contributed by atoms with Gasteiger partial charge in [-0.05, 0) is 24.3 Å². The maximum Gasteiger partial charge on any atom is 0.293 e. The lowest BCUT2D eigenvalue weighted by Gasteiger charge is -2.11. The Morgan fingerprint density at radius 1 is 1.32 bits per heavy atom. The molecular formula is C17H17N7O4. The molecule has 11 heteroatoms. The number of amides is 1. The number of carbonyl (C=O) groups is 1. The number of hydrogen-bond donors (Lipinski definition) is 2. The van der Waals surface area contributed by atoms with Crippen LogP contribution in [-0.2, 0) is 4.74 Å². The highest BCUT2D eigenvalue weighted by Gasteiger charge is 2.18. The van der Waals surface area contributed by atoms with Gasteiger partial charge in [-0.3, -0.25) is 14.9 Å². The molecule has 1 amide bonds. The highest BCUT2D eigenvalue weighted by molar-refractivity contribution is 6.05. The summed E-state index contributed by atoms with van der Waals surface area (Å²) in [5.74, 6) is -0.137. The van der Waals surface area contributed by atoms with Crippen LogP contribution in [0.3, 0.4) is 0 Å². The topological polar surface area (TPSA) is 137 Å². The largest absolute Gasteiger partial charge is 0.383 e. The van der Waals surface area contributed by atoms with Gasteiger partial charge in [0.15, 0.2) is 5.82 Å². The normalized spacial score (nSPS) is 10.5. The third-order valence-corrected chi connectivity index (χ3v) is 3.75. The molecular weight excluding hydrogens is 366 g/mol. The zero-order valence-electron chi connectivity index (χ0n) is 14.9. The van der Waals surface area contributed by atoms with E-state index < -0.39 is 10.8 Å². The second kappa shape index (κ2) is 8.68. The minimum atomic E-state index is -0.545. The van der Waals surface area contributed by atoms with Crippen LogP contribution in [0.1, 0.15) is 10.4 Å². The molecule has 3 aromatic rings. The quantitative estimate of drug-likeness (QED) is 0.342. The monoisotopic (exact) mass is 383 g/mol. The van der Waals surface area contributed by atoms with Crippen molar-refractivity contribution in [1.29, 1.82) is 0 Å². The van der Waals surface area contributed by atoms with Crippen molar-refractivity contribution in [2.45, 2.75) is 0 Å². The van der Waals surface area contributed by atoms with Crippen LogP contribution in [0.5, 0.6) is 0 Å². The molecule has 0 unspecified atom stereocenters. The first-order chi connectivity index (χ1) is 13.6. The van der Waals surface area contributed by atoms with E-state index in [2.05, 4.69) is 25.7 Å². The maximum atomic E-state index is 12.6. The molecule has 0 aliphatic carbocycles. The van der Waals surface area contributed by atoms with E-state index in [1.54, 1.807) is 18.3 Å². The molecule has 0 aliphatic heterocycles. The molecule has 11 nitrogen and oxygen atoms in total. The van der Waals surface area contributed by atoms with Crippen molar-refractivity contribution < 1.29 is 14.5 Å². The van der Waals surface area contributed by atoms with E-state index in [9.17, 15) is 14.9 Å². The number of benzene rings is 1. The van der Waals surface area contributed by atoms with Crippen LogP contribution in [0.4, 0.5) is 17.1 Å². The molecule has 0 radical (unpaired) electrons. The van der Waals surface area contributed by atoms with E-state index in [0.717, 1.165) is 0 Å². The predicted molar refractivity (Wildman–Crippen MR) is 101 cm³/mol. The molecule has 0 spiro atoms. The number of nitro groups is 1. The highest BCUT2D eigenvalue weighted by Crippen LogP contribution is 2.26. The molecule has 3 rings (SSSR count). The molecule has 28 heavy (non-hydrogen) atoms. The SMILES string of the molecule is COCCNc1ccc(C(=O)Nc2cccnc2-n2cncn2)cc1[N+](=O)[O-]. The van der Waals surface area contributed by atoms with Crippen LogP contribution >= 0.6 is 0 Å². The molecule has 1 aromatic carbocycles. The molecule has 2 N–H and O–H groups in total. The van der Waals surface area contributed by atoms with Gasteiger partial charge in [0.1, 0.15) is 18.3 Å². The summed E-state index contributed by atoms with van der Waals surface area (Å²) < 4.78 is 6.32. The number of hydrogen-bond acceptors (Lipinski definition) is 8. The van der Waals surface area contributed by atoms with Crippen LogP contribution in [0, 0.1) is 10.1 Å². The average molecular weight is 383 g/mol. The fourth-order valence-corrected chi connectivity index (χ4v) is 2.45. The Kier molecular flexibility index (Phi) is 5.87. The first kappa shape index (κ1) is 18.9. The predicted octanol–water partition coefficient (Wildman–Crippen LogP) is 1.88. The van der Waals surface area contributed by atoms with Crippen LogP contribution in [0.25, 0.3) is 5.82 Å². The summed E-state index contributed by atoms with van der Waals surface area (Å²) in [6, 6.07) is 7.52. The number of methoxy groups -OCH3 is 1. The zero-order valence-corrected chi connectivity index (χ0v) is 14.9. The molecule has 2 aromatic heterocycles. The van der Waals surface area contributed by atoms with E-state index in [0.29, 0.717) is 30.3 Å². The Balaban J connectivity index is 1.84. The Hall–Kier alpha value is -3.86. The molecule has 0 saturated heterocycles. The van der Waals surface area contributed by atoms with E-state index in [1.807, 2.05) is 0 Å². The van der Waals surface area contributed by atoms with Crippen LogP contribution in [0.2, 0.25) is 0 Å². The van der Waals surface area contributed by atoms with Gasteiger partial charge in [0.2, 0.25) is 0 Å². The van der Waals surface area contributed by atoms with Crippen LogP contribution < -0.4 is 10.6 Å². The second-order valence-corrected chi connectivity index (χ2v) is 5.58. The molecule has 0 fully saturated rings. The summed E-state index contributed by atoms with van der Waals surface area (Å²) >= 11 is 0. The van der Waals surface area contributed by atoms with Crippen molar-refractivity contribution in [2.24, 2.45) is 0 Å². The van der Waals surface area contributed by atoms with Crippen molar-refractivity contribution in [3.8, 4) is 5.82 Å². The number of nitrogens with one attached hydrogen (secondary N) is 2. The fourth-order valence-electron chi connectivity index (χ4n) is 2.45. The number of rotatable bonds is 8. The van der Waals surface area contributed by atoms with Crippen molar-refractivity contribution in [1.82, 2.24) is 19.7 Å². The van der Waals surface area contributed by atoms with Crippen molar-refractivity contribution in [3.63, 3.8) is 0 Å². The van der Waals surface area contributed by atoms with Gasteiger partial charge in [0, 0.05) is 31.5 Å². The molecule has 0 atom stereocenters. The Morgan fingerprint density at radius 3 is 2.89 bits per heavy atom. The maximum absolute atomic E-state index is 12.6. The average Bonchev–Trinajstić information content (AvgIpc) is 3.23. The van der Waals surface area contributed by atoms with E-state index >= 15 is 0 Å². The molecule has 0 aliphatic rings. The van der Waals surface area contributed by atoms with Gasteiger partial charge in [-0.25, -0.2) is 14.6 Å². The number of nitrogens with zero attached hydrogens (tertiary/aromatic N) is 5. The van der Waals surface area contributed by atoms with E-state index in [-0.39, 0.29) is 11.3 Å². The lowest BCUT2D eigenvalue weighted by atomic mass is 10.1. The van der Waals surface area contributed by atoms with Gasteiger partial charge >= 0.3 is 0 Å². The Morgan fingerprint density at radius 2 is 2.18 bits per heavy atom. The summed E-state index contributed by atoms with van der Waals surface area (Å²) in [5.41, 5.74) is 0.634. The second-order valence-electron chi connectivity index (χ2n) is 5.58. The van der Waals surface area contributed by atoms with E-state index in [4.69, 9.17) is 4.74 Å². The molecule has 0 saturated carbocycles. The molecule has 2 heterocycles. The number of anilines is 2. The van der Waals surface area contributed by atoms with Gasteiger partial charge in [0.05, 0.1) is 17.2 Å². The van der Waals surface area contributed by atoms with Crippen molar-refractivity contribution >= 4 is 23.0 Å². The Bertz CT molecular complexity index is 975. The number of carbonyl (C=O) groups excluding carboxylic acids is 1. The lowest BCUT2D eigenvalue weighted by molar-refractivity contribution is -0.384.